The second-order valence-electron chi connectivity index (χ2n) is 4.68. The Balaban J connectivity index is 2.04. The Hall–Kier alpha value is -2.21. The van der Waals surface area contributed by atoms with Crippen LogP contribution >= 0.6 is 15.9 Å². The molecule has 1 heterocycles. The van der Waals surface area contributed by atoms with Crippen LogP contribution in [-0.4, -0.2) is 9.49 Å². The van der Waals surface area contributed by atoms with Crippen molar-refractivity contribution in [3.63, 3.8) is 0 Å². The highest BCUT2D eigenvalue weighted by atomic mass is 79.9. The predicted octanol–water partition coefficient (Wildman–Crippen LogP) is 4.50. The molecule has 0 spiro atoms. The zero-order valence-electron chi connectivity index (χ0n) is 10.8. The van der Waals surface area contributed by atoms with Crippen molar-refractivity contribution in [3.8, 4) is 0 Å². The van der Waals surface area contributed by atoms with Gasteiger partial charge in [-0.05, 0) is 29.8 Å². The van der Waals surface area contributed by atoms with Crippen LogP contribution in [-0.2, 0) is 6.54 Å². The van der Waals surface area contributed by atoms with Gasteiger partial charge in [0.05, 0.1) is 10.4 Å². The van der Waals surface area contributed by atoms with E-state index in [-0.39, 0.29) is 11.5 Å². The molecule has 0 saturated carbocycles. The molecule has 0 saturated heterocycles. The Morgan fingerprint density at radius 3 is 2.71 bits per heavy atom. The lowest BCUT2D eigenvalue weighted by molar-refractivity contribution is -0.384. The molecule has 0 amide bonds. The van der Waals surface area contributed by atoms with Crippen LogP contribution in [0.15, 0.2) is 53.1 Å². The normalized spacial score (nSPS) is 11.0. The highest BCUT2D eigenvalue weighted by molar-refractivity contribution is 9.10. The lowest BCUT2D eigenvalue weighted by atomic mass is 10.2. The zero-order chi connectivity index (χ0) is 15.0. The van der Waals surface area contributed by atoms with Gasteiger partial charge >= 0.3 is 0 Å². The van der Waals surface area contributed by atoms with Crippen molar-refractivity contribution < 1.29 is 9.31 Å². The van der Waals surface area contributed by atoms with Gasteiger partial charge in [-0.3, -0.25) is 10.1 Å². The fourth-order valence-electron chi connectivity index (χ4n) is 2.26. The number of halogens is 2. The summed E-state index contributed by atoms with van der Waals surface area (Å²) < 4.78 is 15.7. The fraction of sp³-hybridized carbons (Fsp3) is 0.0667. The maximum atomic E-state index is 13.1. The monoisotopic (exact) mass is 348 g/mol. The predicted molar refractivity (Wildman–Crippen MR) is 81.8 cm³/mol. The van der Waals surface area contributed by atoms with Gasteiger partial charge in [-0.15, -0.1) is 0 Å². The summed E-state index contributed by atoms with van der Waals surface area (Å²) in [4.78, 5) is 10.5. The summed E-state index contributed by atoms with van der Waals surface area (Å²) in [5.74, 6) is -0.307. The van der Waals surface area contributed by atoms with E-state index in [1.54, 1.807) is 18.2 Å². The van der Waals surface area contributed by atoms with Crippen LogP contribution in [0.1, 0.15) is 5.56 Å². The molecule has 0 N–H and O–H groups in total. The molecule has 0 fully saturated rings. The maximum Gasteiger partial charge on any atom is 0.271 e. The van der Waals surface area contributed by atoms with E-state index >= 15 is 0 Å². The Kier molecular flexibility index (Phi) is 3.47. The van der Waals surface area contributed by atoms with Gasteiger partial charge in [0.25, 0.3) is 5.69 Å². The maximum absolute atomic E-state index is 13.1. The van der Waals surface area contributed by atoms with Crippen molar-refractivity contribution in [1.82, 2.24) is 4.57 Å². The minimum Gasteiger partial charge on any atom is -0.343 e. The van der Waals surface area contributed by atoms with E-state index in [1.807, 2.05) is 16.8 Å². The van der Waals surface area contributed by atoms with E-state index in [0.717, 1.165) is 16.5 Å². The summed E-state index contributed by atoms with van der Waals surface area (Å²) in [5.41, 5.74) is 1.74. The van der Waals surface area contributed by atoms with Crippen molar-refractivity contribution in [2.45, 2.75) is 6.54 Å². The van der Waals surface area contributed by atoms with Crippen LogP contribution < -0.4 is 0 Å². The van der Waals surface area contributed by atoms with E-state index in [4.69, 9.17) is 0 Å². The smallest absolute Gasteiger partial charge is 0.271 e. The van der Waals surface area contributed by atoms with Crippen LogP contribution in [0.4, 0.5) is 10.1 Å². The topological polar surface area (TPSA) is 48.1 Å². The summed E-state index contributed by atoms with van der Waals surface area (Å²) in [6.45, 7) is 0.505. The molecule has 0 aliphatic heterocycles. The molecule has 3 aromatic rings. The third-order valence-corrected chi connectivity index (χ3v) is 4.06. The highest BCUT2D eigenvalue weighted by Crippen LogP contribution is 2.25. The number of hydrogen-bond acceptors (Lipinski definition) is 2. The van der Waals surface area contributed by atoms with Gasteiger partial charge in [-0.1, -0.05) is 22.0 Å². The fourth-order valence-corrected chi connectivity index (χ4v) is 2.73. The van der Waals surface area contributed by atoms with E-state index in [2.05, 4.69) is 15.9 Å². The molecule has 0 unspecified atom stereocenters. The minimum absolute atomic E-state index is 0.0561. The second-order valence-corrected chi connectivity index (χ2v) is 5.53. The molecule has 0 aliphatic rings. The van der Waals surface area contributed by atoms with Gasteiger partial charge in [0, 0.05) is 34.7 Å². The third kappa shape index (κ3) is 2.67. The number of nitrogens with zero attached hydrogens (tertiary/aromatic N) is 2. The number of aromatic nitrogens is 1. The number of hydrogen-bond donors (Lipinski definition) is 0. The van der Waals surface area contributed by atoms with E-state index in [0.29, 0.717) is 11.0 Å². The molecule has 106 valence electrons. The quantitative estimate of drug-likeness (QED) is 0.516. The van der Waals surface area contributed by atoms with Gasteiger partial charge in [0.1, 0.15) is 5.82 Å². The second kappa shape index (κ2) is 5.29. The number of benzene rings is 2. The van der Waals surface area contributed by atoms with Gasteiger partial charge < -0.3 is 4.57 Å². The standard InChI is InChI=1S/C15H10BrFN2O2/c16-14-7-12(17)3-1-11(14)9-18-6-5-10-2-4-13(19(20)21)8-15(10)18/h1-8H,9H2. The summed E-state index contributed by atoms with van der Waals surface area (Å²) in [7, 11) is 0. The Labute approximate surface area is 128 Å². The van der Waals surface area contributed by atoms with Crippen LogP contribution in [0.2, 0.25) is 0 Å². The minimum atomic E-state index is -0.412. The lowest BCUT2D eigenvalue weighted by Gasteiger charge is -2.08. The van der Waals surface area contributed by atoms with Crippen LogP contribution in [0.3, 0.4) is 0 Å². The van der Waals surface area contributed by atoms with Crippen molar-refractivity contribution >= 4 is 32.5 Å². The molecule has 4 nitrogen and oxygen atoms in total. The summed E-state index contributed by atoms with van der Waals surface area (Å²) >= 11 is 3.33. The molecule has 1 aromatic heterocycles. The Bertz CT molecular complexity index is 845. The number of rotatable bonds is 3. The molecule has 21 heavy (non-hydrogen) atoms. The molecule has 0 bridgehead atoms. The first-order valence-corrected chi connectivity index (χ1v) is 7.01. The van der Waals surface area contributed by atoms with Gasteiger partial charge in [-0.25, -0.2) is 4.39 Å². The van der Waals surface area contributed by atoms with E-state index in [9.17, 15) is 14.5 Å². The van der Waals surface area contributed by atoms with Crippen molar-refractivity contribution in [1.29, 1.82) is 0 Å². The molecule has 6 heteroatoms. The summed E-state index contributed by atoms with van der Waals surface area (Å²) in [6.07, 6.45) is 1.87. The molecule has 2 aromatic carbocycles. The average molecular weight is 349 g/mol. The average Bonchev–Trinajstić information content (AvgIpc) is 2.84. The van der Waals surface area contributed by atoms with Crippen molar-refractivity contribution in [3.05, 3.63) is 74.6 Å². The molecular weight excluding hydrogens is 339 g/mol. The molecule has 0 aliphatic carbocycles. The van der Waals surface area contributed by atoms with Gasteiger partial charge in [0.2, 0.25) is 0 Å². The highest BCUT2D eigenvalue weighted by Gasteiger charge is 2.10. The van der Waals surface area contributed by atoms with E-state index in [1.165, 1.54) is 18.2 Å². The van der Waals surface area contributed by atoms with E-state index < -0.39 is 4.92 Å². The van der Waals surface area contributed by atoms with Crippen molar-refractivity contribution in [2.75, 3.05) is 0 Å². The largest absolute Gasteiger partial charge is 0.343 e. The van der Waals surface area contributed by atoms with Gasteiger partial charge in [0.15, 0.2) is 0 Å². The van der Waals surface area contributed by atoms with Gasteiger partial charge in [-0.2, -0.15) is 0 Å². The Morgan fingerprint density at radius 1 is 1.19 bits per heavy atom. The first-order chi connectivity index (χ1) is 10.0. The third-order valence-electron chi connectivity index (χ3n) is 3.32. The summed E-state index contributed by atoms with van der Waals surface area (Å²) in [5, 5.41) is 11.8. The van der Waals surface area contributed by atoms with Crippen LogP contribution in [0, 0.1) is 15.9 Å². The number of nitro groups is 1. The summed E-state index contributed by atoms with van der Waals surface area (Å²) in [6, 6.07) is 11.2. The Morgan fingerprint density at radius 2 is 2.00 bits per heavy atom. The lowest BCUT2D eigenvalue weighted by Crippen LogP contribution is -1.99. The number of nitro benzene ring substituents is 1. The number of fused-ring (bicyclic) bond motifs is 1. The first kappa shape index (κ1) is 13.8. The zero-order valence-corrected chi connectivity index (χ0v) is 12.4. The first-order valence-electron chi connectivity index (χ1n) is 6.22. The molecule has 0 radical (unpaired) electrons. The molecular formula is C15H10BrFN2O2. The van der Waals surface area contributed by atoms with Crippen LogP contribution in [0.25, 0.3) is 10.9 Å². The number of non-ortho nitro benzene ring substituents is 1. The molecule has 0 atom stereocenters. The SMILES string of the molecule is O=[N+]([O-])c1ccc2ccn(Cc3ccc(F)cc3Br)c2c1. The molecule has 3 rings (SSSR count). The van der Waals surface area contributed by atoms with Crippen LogP contribution in [0.5, 0.6) is 0 Å². The van der Waals surface area contributed by atoms with Crippen molar-refractivity contribution in [2.24, 2.45) is 0 Å².